The minimum atomic E-state index is -0.204. The normalized spacial score (nSPS) is 10.6. The predicted octanol–water partition coefficient (Wildman–Crippen LogP) is -0.225. The molecule has 0 aliphatic heterocycles. The third-order valence-corrected chi connectivity index (χ3v) is 1.15. The first-order chi connectivity index (χ1) is 5.34. The lowest BCUT2D eigenvalue weighted by Gasteiger charge is -1.87. The lowest BCUT2D eigenvalue weighted by molar-refractivity contribution is 0.343. The van der Waals surface area contributed by atoms with E-state index in [2.05, 4.69) is 9.97 Å². The Morgan fingerprint density at radius 1 is 1.73 bits per heavy atom. The first-order valence-electron chi connectivity index (χ1n) is 3.14. The van der Waals surface area contributed by atoms with Crippen LogP contribution in [0.15, 0.2) is 23.4 Å². The Kier molecular flexibility index (Phi) is 2.57. The van der Waals surface area contributed by atoms with Crippen LogP contribution in [0.2, 0.25) is 0 Å². The predicted molar refractivity (Wildman–Crippen MR) is 41.0 cm³/mol. The highest BCUT2D eigenvalue weighted by Crippen LogP contribution is 1.88. The van der Waals surface area contributed by atoms with E-state index in [1.807, 2.05) is 0 Å². The van der Waals surface area contributed by atoms with E-state index in [4.69, 9.17) is 5.11 Å². The van der Waals surface area contributed by atoms with Gasteiger partial charge in [-0.3, -0.25) is 4.79 Å². The Hall–Kier alpha value is -1.42. The van der Waals surface area contributed by atoms with Crippen LogP contribution in [0.25, 0.3) is 6.08 Å². The van der Waals surface area contributed by atoms with Gasteiger partial charge < -0.3 is 10.1 Å². The van der Waals surface area contributed by atoms with Gasteiger partial charge in [-0.15, -0.1) is 0 Å². The highest BCUT2D eigenvalue weighted by atomic mass is 16.2. The number of aromatic amines is 1. The van der Waals surface area contributed by atoms with Crippen molar-refractivity contribution in [1.29, 1.82) is 0 Å². The monoisotopic (exact) mass is 152 g/mol. The highest BCUT2D eigenvalue weighted by Gasteiger charge is 1.90. The van der Waals surface area contributed by atoms with Crippen LogP contribution in [0.1, 0.15) is 5.56 Å². The number of aliphatic hydroxyl groups is 1. The third kappa shape index (κ3) is 2.01. The molecule has 0 unspecified atom stereocenters. The van der Waals surface area contributed by atoms with Gasteiger partial charge in [0.25, 0.3) is 5.56 Å². The van der Waals surface area contributed by atoms with Crippen molar-refractivity contribution in [3.05, 3.63) is 34.5 Å². The molecule has 58 valence electrons. The van der Waals surface area contributed by atoms with Gasteiger partial charge in [0.1, 0.15) is 0 Å². The number of H-pyrrole nitrogens is 1. The average molecular weight is 152 g/mol. The first kappa shape index (κ1) is 7.68. The Morgan fingerprint density at radius 3 is 3.18 bits per heavy atom. The fourth-order valence-electron chi connectivity index (χ4n) is 0.654. The van der Waals surface area contributed by atoms with Crippen molar-refractivity contribution in [3.8, 4) is 0 Å². The maximum atomic E-state index is 10.9. The molecule has 0 aliphatic rings. The summed E-state index contributed by atoms with van der Waals surface area (Å²) in [5.41, 5.74) is 0.242. The number of nitrogens with zero attached hydrogens (tertiary/aromatic N) is 1. The summed E-state index contributed by atoms with van der Waals surface area (Å²) in [5, 5.41) is 8.40. The van der Waals surface area contributed by atoms with Crippen molar-refractivity contribution >= 4 is 6.08 Å². The van der Waals surface area contributed by atoms with Gasteiger partial charge in [0, 0.05) is 6.20 Å². The van der Waals surface area contributed by atoms with Gasteiger partial charge in [-0.2, -0.15) is 0 Å². The molecule has 0 aliphatic carbocycles. The smallest absolute Gasteiger partial charge is 0.257 e. The van der Waals surface area contributed by atoms with Gasteiger partial charge in [-0.05, 0) is 6.08 Å². The lowest BCUT2D eigenvalue weighted by atomic mass is 10.3. The molecule has 1 aromatic rings. The van der Waals surface area contributed by atoms with Gasteiger partial charge in [0.05, 0.1) is 18.5 Å². The molecule has 0 radical (unpaired) electrons. The van der Waals surface area contributed by atoms with Gasteiger partial charge in [0.15, 0.2) is 0 Å². The fraction of sp³-hybridized carbons (Fsp3) is 0.143. The molecule has 4 heteroatoms. The van der Waals surface area contributed by atoms with E-state index < -0.39 is 0 Å². The van der Waals surface area contributed by atoms with Crippen LogP contribution in [-0.2, 0) is 0 Å². The molecule has 1 rings (SSSR count). The van der Waals surface area contributed by atoms with Crippen LogP contribution < -0.4 is 5.56 Å². The number of hydrogen-bond donors (Lipinski definition) is 2. The summed E-state index contributed by atoms with van der Waals surface area (Å²) < 4.78 is 0. The van der Waals surface area contributed by atoms with E-state index >= 15 is 0 Å². The van der Waals surface area contributed by atoms with Crippen molar-refractivity contribution in [3.63, 3.8) is 0 Å². The molecule has 0 bridgehead atoms. The Morgan fingerprint density at radius 2 is 2.55 bits per heavy atom. The maximum absolute atomic E-state index is 10.9. The molecular weight excluding hydrogens is 144 g/mol. The third-order valence-electron chi connectivity index (χ3n) is 1.15. The second kappa shape index (κ2) is 3.68. The quantitative estimate of drug-likeness (QED) is 0.615. The Balaban J connectivity index is 2.95. The zero-order valence-electron chi connectivity index (χ0n) is 5.82. The van der Waals surface area contributed by atoms with Crippen molar-refractivity contribution < 1.29 is 5.11 Å². The number of nitrogens with one attached hydrogen (secondary N) is 1. The largest absolute Gasteiger partial charge is 0.392 e. The minimum absolute atomic E-state index is 0.0751. The van der Waals surface area contributed by atoms with E-state index in [-0.39, 0.29) is 12.2 Å². The van der Waals surface area contributed by atoms with Crippen LogP contribution in [0, 0.1) is 0 Å². The second-order valence-corrected chi connectivity index (χ2v) is 1.92. The topological polar surface area (TPSA) is 66.0 Å². The van der Waals surface area contributed by atoms with Crippen LogP contribution in [0.4, 0.5) is 0 Å². The lowest BCUT2D eigenvalue weighted by Crippen LogP contribution is -2.08. The summed E-state index contributed by atoms with van der Waals surface area (Å²) >= 11 is 0. The van der Waals surface area contributed by atoms with Crippen LogP contribution in [0.5, 0.6) is 0 Å². The molecule has 1 heterocycles. The molecule has 11 heavy (non-hydrogen) atoms. The van der Waals surface area contributed by atoms with Crippen LogP contribution in [-0.4, -0.2) is 21.7 Å². The second-order valence-electron chi connectivity index (χ2n) is 1.92. The first-order valence-corrected chi connectivity index (χ1v) is 3.14. The van der Waals surface area contributed by atoms with Crippen LogP contribution >= 0.6 is 0 Å². The van der Waals surface area contributed by atoms with E-state index in [1.54, 1.807) is 0 Å². The minimum Gasteiger partial charge on any atom is -0.392 e. The zero-order chi connectivity index (χ0) is 8.10. The van der Waals surface area contributed by atoms with E-state index in [0.29, 0.717) is 5.56 Å². The fourth-order valence-corrected chi connectivity index (χ4v) is 0.654. The van der Waals surface area contributed by atoms with Gasteiger partial charge in [-0.1, -0.05) is 6.08 Å². The summed E-state index contributed by atoms with van der Waals surface area (Å²) in [6, 6.07) is 0. The summed E-state index contributed by atoms with van der Waals surface area (Å²) in [7, 11) is 0. The number of aliphatic hydroxyl groups excluding tert-OH is 1. The maximum Gasteiger partial charge on any atom is 0.257 e. The molecule has 2 N–H and O–H groups in total. The molecule has 0 spiro atoms. The zero-order valence-corrected chi connectivity index (χ0v) is 5.82. The number of aromatic nitrogens is 2. The number of hydrogen-bond acceptors (Lipinski definition) is 3. The molecule has 0 fully saturated rings. The molecule has 0 amide bonds. The van der Waals surface area contributed by atoms with E-state index in [1.165, 1.54) is 24.7 Å². The Labute approximate surface area is 63.2 Å². The highest BCUT2D eigenvalue weighted by molar-refractivity contribution is 5.45. The molecule has 0 saturated heterocycles. The average Bonchev–Trinajstić information content (AvgIpc) is 2.03. The van der Waals surface area contributed by atoms with E-state index in [0.717, 1.165) is 0 Å². The molecule has 0 atom stereocenters. The summed E-state index contributed by atoms with van der Waals surface area (Å²) in [4.78, 5) is 17.0. The summed E-state index contributed by atoms with van der Waals surface area (Å²) in [5.74, 6) is 0. The molecule has 4 nitrogen and oxygen atoms in total. The molecule has 1 aromatic heterocycles. The Bertz CT molecular complexity index is 303. The molecule has 0 aromatic carbocycles. The standard InChI is InChI=1S/C7H8N2O2/c10-3-1-2-6-4-8-5-9-7(6)11/h1-2,4-5,10H,3H2,(H,8,9,11). The van der Waals surface area contributed by atoms with Crippen molar-refractivity contribution in [1.82, 2.24) is 9.97 Å². The van der Waals surface area contributed by atoms with Gasteiger partial charge >= 0.3 is 0 Å². The van der Waals surface area contributed by atoms with Gasteiger partial charge in [-0.25, -0.2) is 4.98 Å². The molecule has 0 saturated carbocycles. The van der Waals surface area contributed by atoms with Crippen molar-refractivity contribution in [2.24, 2.45) is 0 Å². The van der Waals surface area contributed by atoms with Crippen molar-refractivity contribution in [2.45, 2.75) is 0 Å². The summed E-state index contributed by atoms with van der Waals surface area (Å²) in [6.07, 6.45) is 5.75. The van der Waals surface area contributed by atoms with Crippen LogP contribution in [0.3, 0.4) is 0 Å². The number of rotatable bonds is 2. The van der Waals surface area contributed by atoms with Crippen molar-refractivity contribution in [2.75, 3.05) is 6.61 Å². The molecular formula is C7H8N2O2. The van der Waals surface area contributed by atoms with E-state index in [9.17, 15) is 4.79 Å². The SMILES string of the molecule is O=c1[nH]cncc1C=CCO. The van der Waals surface area contributed by atoms with Gasteiger partial charge in [0.2, 0.25) is 0 Å². The summed E-state index contributed by atoms with van der Waals surface area (Å²) in [6.45, 7) is -0.0751.